The molecular formula is C40H59NO2. The summed E-state index contributed by atoms with van der Waals surface area (Å²) in [5.41, 5.74) is 7.24. The van der Waals surface area contributed by atoms with Gasteiger partial charge < -0.3 is 0 Å². The highest BCUT2D eigenvalue weighted by atomic mass is 16.2. The van der Waals surface area contributed by atoms with Crippen molar-refractivity contribution >= 4 is 11.8 Å². The molecule has 0 aromatic heterocycles. The summed E-state index contributed by atoms with van der Waals surface area (Å²) >= 11 is 0. The van der Waals surface area contributed by atoms with E-state index in [1.807, 2.05) is 27.7 Å². The van der Waals surface area contributed by atoms with Crippen LogP contribution in [-0.4, -0.2) is 11.8 Å². The van der Waals surface area contributed by atoms with E-state index >= 15 is 0 Å². The molecule has 4 aliphatic carbocycles. The quantitative estimate of drug-likeness (QED) is 0.357. The number of amides is 2. The first-order valence-corrected chi connectivity index (χ1v) is 17.5. The van der Waals surface area contributed by atoms with Crippen LogP contribution in [0.15, 0.2) is 36.4 Å². The second-order valence-electron chi connectivity index (χ2n) is 14.7. The first-order valence-electron chi connectivity index (χ1n) is 17.5. The molecule has 0 radical (unpaired) electrons. The molecule has 0 heterocycles. The van der Waals surface area contributed by atoms with E-state index in [2.05, 4.69) is 83.3 Å². The maximum Gasteiger partial charge on any atom is 0.232 e. The van der Waals surface area contributed by atoms with Crippen LogP contribution >= 0.6 is 0 Å². The van der Waals surface area contributed by atoms with Crippen LogP contribution in [-0.2, 0) is 33.3 Å². The number of imide groups is 1. The predicted octanol–water partition coefficient (Wildman–Crippen LogP) is 9.72. The minimum atomic E-state index is -0.533. The molecule has 0 unspecified atom stereocenters. The first-order chi connectivity index (χ1) is 20.4. The van der Waals surface area contributed by atoms with Gasteiger partial charge >= 0.3 is 0 Å². The van der Waals surface area contributed by atoms with Crippen molar-refractivity contribution < 1.29 is 9.59 Å². The van der Waals surface area contributed by atoms with E-state index in [1.54, 1.807) is 0 Å². The summed E-state index contributed by atoms with van der Waals surface area (Å²) in [4.78, 5) is 28.5. The summed E-state index contributed by atoms with van der Waals surface area (Å²) in [7, 11) is 0. The minimum Gasteiger partial charge on any atom is -0.295 e. The summed E-state index contributed by atoms with van der Waals surface area (Å²) < 4.78 is 0. The summed E-state index contributed by atoms with van der Waals surface area (Å²) in [6, 6.07) is 13.8. The Morgan fingerprint density at radius 3 is 1.37 bits per heavy atom. The van der Waals surface area contributed by atoms with Gasteiger partial charge in [0.25, 0.3) is 0 Å². The average Bonchev–Trinajstić information content (AvgIpc) is 2.99. The second-order valence-corrected chi connectivity index (χ2v) is 14.7. The Kier molecular flexibility index (Phi) is 9.75. The van der Waals surface area contributed by atoms with Crippen molar-refractivity contribution in [1.82, 2.24) is 5.32 Å². The maximum absolute atomic E-state index is 14.2. The van der Waals surface area contributed by atoms with Gasteiger partial charge in [0.2, 0.25) is 11.8 Å². The zero-order valence-corrected chi connectivity index (χ0v) is 29.0. The lowest BCUT2D eigenvalue weighted by molar-refractivity contribution is -0.150. The molecule has 2 amide bonds. The molecule has 43 heavy (non-hydrogen) atoms. The molecular weight excluding hydrogens is 526 g/mol. The Morgan fingerprint density at radius 2 is 1.00 bits per heavy atom. The van der Waals surface area contributed by atoms with Crippen LogP contribution in [0.25, 0.3) is 0 Å². The molecule has 1 N–H and O–H groups in total. The fourth-order valence-corrected chi connectivity index (χ4v) is 10.1. The second kappa shape index (κ2) is 12.5. The molecule has 0 aliphatic heterocycles. The van der Waals surface area contributed by atoms with E-state index in [0.29, 0.717) is 0 Å². The Bertz CT molecular complexity index is 1240. The normalized spacial score (nSPS) is 33.9. The molecule has 0 saturated heterocycles. The van der Waals surface area contributed by atoms with Crippen LogP contribution in [0.1, 0.15) is 140 Å². The van der Waals surface area contributed by atoms with Gasteiger partial charge in [0.15, 0.2) is 0 Å². The third-order valence-electron chi connectivity index (χ3n) is 12.3. The van der Waals surface area contributed by atoms with Gasteiger partial charge in [-0.05, 0) is 110 Å². The molecule has 236 valence electrons. The van der Waals surface area contributed by atoms with Crippen molar-refractivity contribution in [3.63, 3.8) is 0 Å². The highest BCUT2D eigenvalue weighted by Gasteiger charge is 2.58. The fraction of sp³-hybridized carbons (Fsp3) is 0.650. The van der Waals surface area contributed by atoms with Crippen molar-refractivity contribution in [2.24, 2.45) is 22.7 Å². The summed E-state index contributed by atoms with van der Waals surface area (Å²) in [5.74, 6) is 0.435. The van der Waals surface area contributed by atoms with Crippen LogP contribution in [0, 0.1) is 36.5 Å². The van der Waals surface area contributed by atoms with Gasteiger partial charge in [-0.2, -0.15) is 0 Å². The smallest absolute Gasteiger partial charge is 0.232 e. The molecule has 2 aromatic rings. The molecule has 6 atom stereocenters. The first kappa shape index (κ1) is 33.5. The molecule has 3 heteroatoms. The van der Waals surface area contributed by atoms with E-state index in [1.165, 1.54) is 33.4 Å². The number of aryl methyl sites for hydroxylation is 4. The van der Waals surface area contributed by atoms with Crippen molar-refractivity contribution in [3.8, 4) is 0 Å². The standard InChI is InChI=1S/C36H47NO2.2C2H6/c1-23-9-11-25-13-15-29-33(3,27(25)21-23)17-7-19-35(29,5)31(38)37-32(39)36(6)20-8-18-34(4)28-22-24(2)10-12-26(28)14-16-30(34)36;2*1-2/h9-12,21-22,29-30H,7-8,13-20H2,1-6H3,(H,37,38,39);2*1-2H3/t29-,30-,33-,34-,35+,36+;;/m1../s1. The summed E-state index contributed by atoms with van der Waals surface area (Å²) in [5, 5.41) is 3.09. The van der Waals surface area contributed by atoms with Gasteiger partial charge in [-0.3, -0.25) is 14.9 Å². The Balaban J connectivity index is 0.00000102. The zero-order chi connectivity index (χ0) is 31.8. The monoisotopic (exact) mass is 585 g/mol. The van der Waals surface area contributed by atoms with Gasteiger partial charge in [-0.15, -0.1) is 0 Å². The lowest BCUT2D eigenvalue weighted by Crippen LogP contribution is -2.60. The topological polar surface area (TPSA) is 46.2 Å². The highest BCUT2D eigenvalue weighted by molar-refractivity contribution is 6.00. The Morgan fingerprint density at radius 1 is 0.628 bits per heavy atom. The molecule has 0 bridgehead atoms. The molecule has 6 rings (SSSR count). The lowest BCUT2D eigenvalue weighted by atomic mass is 9.49. The van der Waals surface area contributed by atoms with Gasteiger partial charge in [0.05, 0.1) is 10.8 Å². The third kappa shape index (κ3) is 5.42. The molecule has 4 aliphatic rings. The predicted molar refractivity (Wildman–Crippen MR) is 180 cm³/mol. The highest BCUT2D eigenvalue weighted by Crippen LogP contribution is 2.59. The van der Waals surface area contributed by atoms with Crippen molar-refractivity contribution in [2.45, 2.75) is 144 Å². The van der Waals surface area contributed by atoms with Gasteiger partial charge in [0.1, 0.15) is 0 Å². The number of carbonyl (C=O) groups is 2. The molecule has 2 aromatic carbocycles. The van der Waals surface area contributed by atoms with E-state index < -0.39 is 10.8 Å². The zero-order valence-electron chi connectivity index (χ0n) is 29.0. The van der Waals surface area contributed by atoms with Crippen LogP contribution in [0.5, 0.6) is 0 Å². The van der Waals surface area contributed by atoms with Crippen LogP contribution < -0.4 is 5.32 Å². The van der Waals surface area contributed by atoms with E-state index in [-0.39, 0.29) is 34.5 Å². The summed E-state index contributed by atoms with van der Waals surface area (Å²) in [6.07, 6.45) is 10.0. The van der Waals surface area contributed by atoms with Gasteiger partial charge in [-0.25, -0.2) is 0 Å². The van der Waals surface area contributed by atoms with Crippen LogP contribution in [0.3, 0.4) is 0 Å². The minimum absolute atomic E-state index is 0.0226. The summed E-state index contributed by atoms with van der Waals surface area (Å²) in [6.45, 7) is 21.4. The number of benzene rings is 2. The van der Waals surface area contributed by atoms with Crippen LogP contribution in [0.4, 0.5) is 0 Å². The van der Waals surface area contributed by atoms with E-state index in [4.69, 9.17) is 0 Å². The number of carbonyl (C=O) groups excluding carboxylic acids is 2. The average molecular weight is 586 g/mol. The Hall–Kier alpha value is -2.42. The number of hydrogen-bond acceptors (Lipinski definition) is 2. The number of fused-ring (bicyclic) bond motifs is 6. The Labute approximate surface area is 263 Å². The van der Waals surface area contributed by atoms with E-state index in [0.717, 1.165) is 64.2 Å². The maximum atomic E-state index is 14.2. The number of nitrogens with one attached hydrogen (secondary N) is 1. The third-order valence-corrected chi connectivity index (χ3v) is 12.3. The van der Waals surface area contributed by atoms with Crippen LogP contribution in [0.2, 0.25) is 0 Å². The molecule has 0 spiro atoms. The fourth-order valence-electron chi connectivity index (χ4n) is 10.1. The van der Waals surface area contributed by atoms with Crippen molar-refractivity contribution in [1.29, 1.82) is 0 Å². The van der Waals surface area contributed by atoms with E-state index in [9.17, 15) is 9.59 Å². The van der Waals surface area contributed by atoms with Gasteiger partial charge in [-0.1, -0.05) is 116 Å². The van der Waals surface area contributed by atoms with Gasteiger partial charge in [0, 0.05) is 0 Å². The molecule has 2 saturated carbocycles. The van der Waals surface area contributed by atoms with Crippen molar-refractivity contribution in [2.75, 3.05) is 0 Å². The largest absolute Gasteiger partial charge is 0.295 e. The number of rotatable bonds is 2. The lowest BCUT2D eigenvalue weighted by Gasteiger charge is -2.56. The molecule has 2 fully saturated rings. The SMILES string of the molecule is CC.CC.Cc1ccc2c(c1)[C@@]1(C)CCC[C@](C)(C(=O)NC(=O)[C@@]3(C)CCC[C@]4(C)c5cc(C)ccc5CC[C@@H]34)[C@@H]1CC2. The van der Waals surface area contributed by atoms with Crippen molar-refractivity contribution in [3.05, 3.63) is 69.8 Å². The molecule has 3 nitrogen and oxygen atoms in total. The number of hydrogen-bond donors (Lipinski definition) is 1.